The van der Waals surface area contributed by atoms with Crippen LogP contribution in [0.2, 0.25) is 0 Å². The molecule has 4 rings (SSSR count). The van der Waals surface area contributed by atoms with Crippen molar-refractivity contribution in [2.75, 3.05) is 31.1 Å². The molecule has 2 aliphatic rings. The molecule has 7 heteroatoms. The molecule has 6 nitrogen and oxygen atoms in total. The molecule has 0 radical (unpaired) electrons. The third-order valence-electron chi connectivity index (χ3n) is 6.44. The van der Waals surface area contributed by atoms with Gasteiger partial charge in [0.1, 0.15) is 18.0 Å². The zero-order valence-corrected chi connectivity index (χ0v) is 18.6. The Hall–Kier alpha value is -2.54. The zero-order chi connectivity index (χ0) is 22.2. The van der Waals surface area contributed by atoms with Gasteiger partial charge in [-0.1, -0.05) is 19.1 Å². The molecule has 0 bridgehead atoms. The Morgan fingerprint density at radius 2 is 1.87 bits per heavy atom. The first-order valence-electron chi connectivity index (χ1n) is 11.1. The molecule has 0 spiro atoms. The van der Waals surface area contributed by atoms with E-state index in [2.05, 4.69) is 21.8 Å². The van der Waals surface area contributed by atoms with Crippen molar-refractivity contribution in [3.63, 3.8) is 0 Å². The highest BCUT2D eigenvalue weighted by atomic mass is 19.1. The average molecular weight is 426 g/mol. The zero-order valence-electron chi connectivity index (χ0n) is 18.6. The van der Waals surface area contributed by atoms with Crippen LogP contribution in [0.3, 0.4) is 0 Å². The first-order valence-corrected chi connectivity index (χ1v) is 11.1. The topological polar surface area (TPSA) is 75.4 Å². The van der Waals surface area contributed by atoms with E-state index in [1.54, 1.807) is 18.5 Å². The molecule has 1 fully saturated rings. The number of benzene rings is 1. The largest absolute Gasteiger partial charge is 0.353 e. The predicted octanol–water partition coefficient (Wildman–Crippen LogP) is 3.23. The fourth-order valence-electron chi connectivity index (χ4n) is 4.80. The van der Waals surface area contributed by atoms with Gasteiger partial charge in [-0.25, -0.2) is 14.4 Å². The van der Waals surface area contributed by atoms with Gasteiger partial charge in [-0.15, -0.1) is 0 Å². The van der Waals surface area contributed by atoms with Crippen molar-refractivity contribution in [1.29, 1.82) is 0 Å². The lowest BCUT2D eigenvalue weighted by Gasteiger charge is -2.38. The maximum atomic E-state index is 13.5. The molecule has 1 saturated heterocycles. The third-order valence-corrected chi connectivity index (χ3v) is 6.44. The Bertz CT molecular complexity index is 932. The van der Waals surface area contributed by atoms with Gasteiger partial charge < -0.3 is 15.5 Å². The molecule has 0 unspecified atom stereocenters. The minimum atomic E-state index is -0.506. The number of nitrogens with two attached hydrogens (primary N) is 1. The van der Waals surface area contributed by atoms with Gasteiger partial charge in [-0.3, -0.25) is 4.79 Å². The number of anilines is 1. The summed E-state index contributed by atoms with van der Waals surface area (Å²) in [5, 5.41) is 0. The summed E-state index contributed by atoms with van der Waals surface area (Å²) in [5.41, 5.74) is 9.01. The van der Waals surface area contributed by atoms with Crippen LogP contribution in [-0.2, 0) is 11.2 Å². The van der Waals surface area contributed by atoms with E-state index in [0.717, 1.165) is 43.0 Å². The maximum absolute atomic E-state index is 13.5. The summed E-state index contributed by atoms with van der Waals surface area (Å²) < 4.78 is 13.4. The van der Waals surface area contributed by atoms with E-state index in [1.165, 1.54) is 17.7 Å². The number of carbonyl (C=O) groups excluding carboxylic acids is 1. The second-order valence-corrected chi connectivity index (χ2v) is 9.61. The summed E-state index contributed by atoms with van der Waals surface area (Å²) in [6.45, 7) is 8.83. The van der Waals surface area contributed by atoms with Crippen molar-refractivity contribution in [2.24, 2.45) is 5.73 Å². The summed E-state index contributed by atoms with van der Waals surface area (Å²) in [4.78, 5) is 26.7. The van der Waals surface area contributed by atoms with Crippen LogP contribution in [-0.4, -0.2) is 52.5 Å². The minimum absolute atomic E-state index is 0.0612. The van der Waals surface area contributed by atoms with E-state index in [0.29, 0.717) is 25.4 Å². The Labute approximate surface area is 183 Å². The number of hydrogen-bond donors (Lipinski definition) is 1. The van der Waals surface area contributed by atoms with Crippen LogP contribution < -0.4 is 10.6 Å². The van der Waals surface area contributed by atoms with Gasteiger partial charge in [-0.2, -0.15) is 0 Å². The maximum Gasteiger partial charge on any atom is 0.230 e. The van der Waals surface area contributed by atoms with Crippen molar-refractivity contribution in [3.05, 3.63) is 53.2 Å². The second kappa shape index (κ2) is 8.54. The number of amides is 1. The highest BCUT2D eigenvalue weighted by Gasteiger charge is 2.33. The van der Waals surface area contributed by atoms with Crippen molar-refractivity contribution < 1.29 is 9.18 Å². The fraction of sp³-hybridized carbons (Fsp3) is 0.542. The van der Waals surface area contributed by atoms with Crippen molar-refractivity contribution in [3.8, 4) is 0 Å². The monoisotopic (exact) mass is 425 g/mol. The number of aryl methyl sites for hydroxylation is 1. The molecule has 1 aliphatic carbocycles. The van der Waals surface area contributed by atoms with Crippen LogP contribution in [0.1, 0.15) is 62.3 Å². The number of rotatable bonds is 5. The number of halogens is 1. The van der Waals surface area contributed by atoms with Crippen LogP contribution >= 0.6 is 0 Å². The first-order chi connectivity index (χ1) is 14.7. The molecular weight excluding hydrogens is 393 g/mol. The number of nitrogens with zero attached hydrogens (tertiary/aromatic N) is 4. The van der Waals surface area contributed by atoms with E-state index >= 15 is 0 Å². The van der Waals surface area contributed by atoms with E-state index in [4.69, 9.17) is 5.73 Å². The molecule has 1 amide bonds. The van der Waals surface area contributed by atoms with Gasteiger partial charge in [0.05, 0.1) is 5.92 Å². The summed E-state index contributed by atoms with van der Waals surface area (Å²) in [5.74, 6) is 0.879. The second-order valence-electron chi connectivity index (χ2n) is 9.61. The Morgan fingerprint density at radius 3 is 2.52 bits per heavy atom. The molecule has 31 heavy (non-hydrogen) atoms. The van der Waals surface area contributed by atoms with E-state index in [9.17, 15) is 9.18 Å². The van der Waals surface area contributed by atoms with Crippen LogP contribution in [0.5, 0.6) is 0 Å². The Balaban J connectivity index is 1.49. The summed E-state index contributed by atoms with van der Waals surface area (Å²) in [7, 11) is 0. The lowest BCUT2D eigenvalue weighted by molar-refractivity contribution is -0.133. The van der Waals surface area contributed by atoms with Crippen molar-refractivity contribution in [1.82, 2.24) is 14.9 Å². The fourth-order valence-corrected chi connectivity index (χ4v) is 4.80. The van der Waals surface area contributed by atoms with E-state index < -0.39 is 5.54 Å². The van der Waals surface area contributed by atoms with Gasteiger partial charge in [0.25, 0.3) is 0 Å². The van der Waals surface area contributed by atoms with Gasteiger partial charge in [-0.05, 0) is 56.7 Å². The molecule has 2 aromatic rings. The molecule has 2 atom stereocenters. The standard InChI is InChI=1S/C24H32FN5O/c1-16-4-9-20-21(16)22(28-15-27-20)29-10-12-30(13-11-29)23(31)19(14-24(2,3)26)17-5-7-18(25)8-6-17/h5-8,15-16,19H,4,9-14,26H2,1-3H3/t16-,19-/m1/s1. The third kappa shape index (κ3) is 4.71. The molecule has 0 saturated carbocycles. The molecule has 2 N–H and O–H groups in total. The summed E-state index contributed by atoms with van der Waals surface area (Å²) >= 11 is 0. The quantitative estimate of drug-likeness (QED) is 0.796. The molecule has 166 valence electrons. The van der Waals surface area contributed by atoms with Crippen LogP contribution in [0.4, 0.5) is 10.2 Å². The molecule has 1 aromatic heterocycles. The van der Waals surface area contributed by atoms with Gasteiger partial charge >= 0.3 is 0 Å². The van der Waals surface area contributed by atoms with Crippen molar-refractivity contribution in [2.45, 2.75) is 57.4 Å². The van der Waals surface area contributed by atoms with Crippen LogP contribution in [0.15, 0.2) is 30.6 Å². The SMILES string of the molecule is C[C@@H]1CCc2ncnc(N3CCN(C(=O)[C@H](CC(C)(C)N)c4ccc(F)cc4)CC3)c21. The minimum Gasteiger partial charge on any atom is -0.353 e. The van der Waals surface area contributed by atoms with Gasteiger partial charge in [0.2, 0.25) is 5.91 Å². The molecule has 1 aromatic carbocycles. The normalized spacial score (nSPS) is 20.0. The number of piperazine rings is 1. The van der Waals surface area contributed by atoms with Gasteiger partial charge in [0.15, 0.2) is 0 Å². The van der Waals surface area contributed by atoms with Gasteiger partial charge in [0, 0.05) is 43.0 Å². The average Bonchev–Trinajstić information content (AvgIpc) is 3.13. The Kier molecular flexibility index (Phi) is 5.97. The Morgan fingerprint density at radius 1 is 1.19 bits per heavy atom. The number of hydrogen-bond acceptors (Lipinski definition) is 5. The molecule has 1 aliphatic heterocycles. The highest BCUT2D eigenvalue weighted by molar-refractivity contribution is 5.84. The van der Waals surface area contributed by atoms with E-state index in [1.807, 2.05) is 18.7 Å². The number of aromatic nitrogens is 2. The summed E-state index contributed by atoms with van der Waals surface area (Å²) in [6.07, 6.45) is 4.30. The van der Waals surface area contributed by atoms with Crippen molar-refractivity contribution >= 4 is 11.7 Å². The number of fused-ring (bicyclic) bond motifs is 1. The smallest absolute Gasteiger partial charge is 0.230 e. The highest BCUT2D eigenvalue weighted by Crippen LogP contribution is 2.37. The lowest BCUT2D eigenvalue weighted by Crippen LogP contribution is -2.51. The lowest BCUT2D eigenvalue weighted by atomic mass is 9.85. The molecule has 2 heterocycles. The van der Waals surface area contributed by atoms with Crippen LogP contribution in [0.25, 0.3) is 0 Å². The van der Waals surface area contributed by atoms with E-state index in [-0.39, 0.29) is 17.6 Å². The van der Waals surface area contributed by atoms with Crippen LogP contribution in [0, 0.1) is 5.82 Å². The predicted molar refractivity (Wildman–Crippen MR) is 120 cm³/mol. The number of carbonyl (C=O) groups is 1. The first kappa shape index (κ1) is 21.7. The summed E-state index contributed by atoms with van der Waals surface area (Å²) in [6, 6.07) is 6.22. The molecular formula is C24H32FN5O.